The van der Waals surface area contributed by atoms with Crippen molar-refractivity contribution in [3.63, 3.8) is 0 Å². The quantitative estimate of drug-likeness (QED) is 0.814. The molecule has 23 heavy (non-hydrogen) atoms. The van der Waals surface area contributed by atoms with E-state index in [4.69, 9.17) is 9.84 Å². The fraction of sp³-hybridized carbons (Fsp3) is 0.389. The molecule has 0 spiro atoms. The lowest BCUT2D eigenvalue weighted by molar-refractivity contribution is -0.139. The fourth-order valence-electron chi connectivity index (χ4n) is 3.29. The van der Waals surface area contributed by atoms with Gasteiger partial charge < -0.3 is 14.4 Å². The summed E-state index contributed by atoms with van der Waals surface area (Å²) in [5, 5.41) is 9.13. The zero-order valence-electron chi connectivity index (χ0n) is 13.1. The molecule has 3 rings (SSSR count). The highest BCUT2D eigenvalue weighted by molar-refractivity contribution is 9.10. The van der Waals surface area contributed by atoms with E-state index in [2.05, 4.69) is 44.9 Å². The van der Waals surface area contributed by atoms with Crippen LogP contribution in [0.2, 0.25) is 0 Å². The predicted octanol–water partition coefficient (Wildman–Crippen LogP) is 3.11. The summed E-state index contributed by atoms with van der Waals surface area (Å²) in [7, 11) is 1.42. The molecule has 1 heterocycles. The van der Waals surface area contributed by atoms with Gasteiger partial charge in [0.1, 0.15) is 0 Å². The SMILES string of the molecule is COC(=O)Cc1c2c(cn1CCCO)CCc1ccc(Br)cc1-2. The third kappa shape index (κ3) is 3.21. The van der Waals surface area contributed by atoms with Crippen LogP contribution in [0.15, 0.2) is 28.9 Å². The van der Waals surface area contributed by atoms with Crippen LogP contribution in [0.5, 0.6) is 0 Å². The minimum atomic E-state index is -0.238. The van der Waals surface area contributed by atoms with Gasteiger partial charge in [-0.2, -0.15) is 0 Å². The number of benzene rings is 1. The number of hydrogen-bond donors (Lipinski definition) is 1. The topological polar surface area (TPSA) is 51.5 Å². The number of fused-ring (bicyclic) bond motifs is 3. The van der Waals surface area contributed by atoms with Gasteiger partial charge >= 0.3 is 5.97 Å². The van der Waals surface area contributed by atoms with Gasteiger partial charge in [0.2, 0.25) is 0 Å². The maximum absolute atomic E-state index is 11.9. The van der Waals surface area contributed by atoms with Gasteiger partial charge in [-0.05, 0) is 48.1 Å². The van der Waals surface area contributed by atoms with Crippen molar-refractivity contribution in [3.8, 4) is 11.1 Å². The number of hydrogen-bond acceptors (Lipinski definition) is 3. The second-order valence-electron chi connectivity index (χ2n) is 5.80. The number of halogens is 1. The van der Waals surface area contributed by atoms with Crippen molar-refractivity contribution in [1.29, 1.82) is 0 Å². The second-order valence-corrected chi connectivity index (χ2v) is 6.72. The molecule has 1 aromatic heterocycles. The average Bonchev–Trinajstić information content (AvgIpc) is 2.90. The van der Waals surface area contributed by atoms with Crippen LogP contribution >= 0.6 is 15.9 Å². The van der Waals surface area contributed by atoms with Gasteiger partial charge in [0.15, 0.2) is 0 Å². The monoisotopic (exact) mass is 377 g/mol. The summed E-state index contributed by atoms with van der Waals surface area (Å²) >= 11 is 3.55. The number of aliphatic hydroxyl groups is 1. The van der Waals surface area contributed by atoms with E-state index < -0.39 is 0 Å². The standard InChI is InChI=1S/C18H20BrNO3/c1-23-17(22)10-16-18-13(11-20(16)7-2-8-21)4-3-12-5-6-14(19)9-15(12)18/h5-6,9,11,21H,2-4,7-8,10H2,1H3. The van der Waals surface area contributed by atoms with Crippen LogP contribution in [-0.4, -0.2) is 29.4 Å². The van der Waals surface area contributed by atoms with Crippen LogP contribution in [0.4, 0.5) is 0 Å². The molecule has 0 fully saturated rings. The van der Waals surface area contributed by atoms with Gasteiger partial charge in [-0.1, -0.05) is 22.0 Å². The Labute approximate surface area is 144 Å². The Morgan fingerprint density at radius 2 is 2.13 bits per heavy atom. The summed E-state index contributed by atoms with van der Waals surface area (Å²) in [5.74, 6) is -0.238. The summed E-state index contributed by atoms with van der Waals surface area (Å²) in [6.07, 6.45) is 5.05. The Bertz CT molecular complexity index is 736. The summed E-state index contributed by atoms with van der Waals surface area (Å²) in [6, 6.07) is 6.34. The zero-order chi connectivity index (χ0) is 16.4. The molecule has 1 aliphatic carbocycles. The molecular weight excluding hydrogens is 358 g/mol. The van der Waals surface area contributed by atoms with Crippen LogP contribution in [0.25, 0.3) is 11.1 Å². The van der Waals surface area contributed by atoms with Gasteiger partial charge in [-0.25, -0.2) is 0 Å². The van der Waals surface area contributed by atoms with Crippen LogP contribution in [0, 0.1) is 0 Å². The molecule has 122 valence electrons. The van der Waals surface area contributed by atoms with Crippen molar-refractivity contribution in [1.82, 2.24) is 4.57 Å². The molecule has 0 bridgehead atoms. The molecule has 4 nitrogen and oxygen atoms in total. The lowest BCUT2D eigenvalue weighted by atomic mass is 9.86. The van der Waals surface area contributed by atoms with Crippen molar-refractivity contribution in [2.24, 2.45) is 0 Å². The van der Waals surface area contributed by atoms with E-state index in [1.807, 2.05) is 0 Å². The number of nitrogens with zero attached hydrogens (tertiary/aromatic N) is 1. The minimum Gasteiger partial charge on any atom is -0.469 e. The molecule has 0 amide bonds. The first-order chi connectivity index (χ1) is 11.1. The molecule has 0 aliphatic heterocycles. The van der Waals surface area contributed by atoms with Crippen LogP contribution < -0.4 is 0 Å². The van der Waals surface area contributed by atoms with Crippen molar-refractivity contribution in [3.05, 3.63) is 45.7 Å². The van der Waals surface area contributed by atoms with E-state index in [0.717, 1.165) is 28.6 Å². The first-order valence-electron chi connectivity index (χ1n) is 7.81. The molecule has 0 saturated carbocycles. The van der Waals surface area contributed by atoms with E-state index in [1.54, 1.807) is 0 Å². The highest BCUT2D eigenvalue weighted by atomic mass is 79.9. The number of methoxy groups -OCH3 is 1. The summed E-state index contributed by atoms with van der Waals surface area (Å²) in [6.45, 7) is 0.849. The Kier molecular flexibility index (Phi) is 4.87. The van der Waals surface area contributed by atoms with E-state index in [1.165, 1.54) is 23.8 Å². The number of aryl methyl sites for hydroxylation is 3. The van der Waals surface area contributed by atoms with Crippen molar-refractivity contribution < 1.29 is 14.6 Å². The molecule has 0 unspecified atom stereocenters. The average molecular weight is 378 g/mol. The number of carbonyl (C=O) groups is 1. The van der Waals surface area contributed by atoms with E-state index in [9.17, 15) is 4.79 Å². The summed E-state index contributed by atoms with van der Waals surface area (Å²) in [5.41, 5.74) is 5.93. The fourth-order valence-corrected chi connectivity index (χ4v) is 3.65. The van der Waals surface area contributed by atoms with Gasteiger partial charge in [0.05, 0.1) is 13.5 Å². The highest BCUT2D eigenvalue weighted by Gasteiger charge is 2.25. The maximum Gasteiger partial charge on any atom is 0.311 e. The molecule has 1 N–H and O–H groups in total. The number of aliphatic hydroxyl groups excluding tert-OH is 1. The van der Waals surface area contributed by atoms with Gasteiger partial charge in [-0.15, -0.1) is 0 Å². The normalized spacial score (nSPS) is 12.7. The van der Waals surface area contributed by atoms with Crippen LogP contribution in [-0.2, 0) is 35.3 Å². The minimum absolute atomic E-state index is 0.142. The largest absolute Gasteiger partial charge is 0.469 e. The van der Waals surface area contributed by atoms with Crippen molar-refractivity contribution in [2.75, 3.05) is 13.7 Å². The van der Waals surface area contributed by atoms with E-state index >= 15 is 0 Å². The molecule has 0 saturated heterocycles. The van der Waals surface area contributed by atoms with Crippen molar-refractivity contribution >= 4 is 21.9 Å². The van der Waals surface area contributed by atoms with Crippen molar-refractivity contribution in [2.45, 2.75) is 32.2 Å². The zero-order valence-corrected chi connectivity index (χ0v) is 14.7. The summed E-state index contributed by atoms with van der Waals surface area (Å²) < 4.78 is 8.02. The molecular formula is C18H20BrNO3. The molecule has 0 atom stereocenters. The Balaban J connectivity index is 2.12. The van der Waals surface area contributed by atoms with Gasteiger partial charge in [-0.3, -0.25) is 4.79 Å². The number of carbonyl (C=O) groups excluding carboxylic acids is 1. The second kappa shape index (κ2) is 6.89. The Hall–Kier alpha value is -1.59. The lowest BCUT2D eigenvalue weighted by Gasteiger charge is -2.18. The maximum atomic E-state index is 11.9. The first-order valence-corrected chi connectivity index (χ1v) is 8.60. The number of esters is 1. The van der Waals surface area contributed by atoms with Crippen LogP contribution in [0.1, 0.15) is 23.2 Å². The molecule has 0 radical (unpaired) electrons. The predicted molar refractivity (Wildman–Crippen MR) is 92.4 cm³/mol. The number of rotatable bonds is 5. The highest BCUT2D eigenvalue weighted by Crippen LogP contribution is 2.39. The third-order valence-corrected chi connectivity index (χ3v) is 4.86. The third-order valence-electron chi connectivity index (χ3n) is 4.37. The molecule has 2 aromatic rings. The van der Waals surface area contributed by atoms with E-state index in [0.29, 0.717) is 13.0 Å². The van der Waals surface area contributed by atoms with Crippen LogP contribution in [0.3, 0.4) is 0 Å². The lowest BCUT2D eigenvalue weighted by Crippen LogP contribution is -2.12. The van der Waals surface area contributed by atoms with E-state index in [-0.39, 0.29) is 19.0 Å². The molecule has 5 heteroatoms. The smallest absolute Gasteiger partial charge is 0.311 e. The van der Waals surface area contributed by atoms with Gasteiger partial charge in [0, 0.05) is 35.1 Å². The van der Waals surface area contributed by atoms with Gasteiger partial charge in [0.25, 0.3) is 0 Å². The Morgan fingerprint density at radius 3 is 2.87 bits per heavy atom. The first kappa shape index (κ1) is 16.3. The number of ether oxygens (including phenoxy) is 1. The Morgan fingerprint density at radius 1 is 1.35 bits per heavy atom. The summed E-state index contributed by atoms with van der Waals surface area (Å²) in [4.78, 5) is 11.9. The molecule has 1 aliphatic rings. The molecule has 1 aromatic carbocycles. The number of aromatic nitrogens is 1.